The number of unbranched alkanes of at least 4 members (excludes halogenated alkanes) is 36. The summed E-state index contributed by atoms with van der Waals surface area (Å²) in [5, 5.41) is 0. The van der Waals surface area contributed by atoms with E-state index in [9.17, 15) is 19.2 Å². The van der Waals surface area contributed by atoms with Crippen molar-refractivity contribution in [2.45, 2.75) is 368 Å². The third-order valence-corrected chi connectivity index (χ3v) is 16.9. The summed E-state index contributed by atoms with van der Waals surface area (Å²) in [6.45, 7) is 18.6. The summed E-state index contributed by atoms with van der Waals surface area (Å²) in [5.74, 6) is -0.0223. The normalized spacial score (nSPS) is 11.8. The summed E-state index contributed by atoms with van der Waals surface area (Å²) >= 11 is 0. The highest BCUT2D eigenvalue weighted by Gasteiger charge is 2.20. The summed E-state index contributed by atoms with van der Waals surface area (Å²) in [6.07, 6.45) is 59.5. The lowest BCUT2D eigenvalue weighted by molar-refractivity contribution is -0.150. The number of carbonyl (C=O) groups is 2. The monoisotopic (exact) mass is 1100 g/mol. The standard InChI is InChI=1S/C70H132N2O6/c1-6-11-16-21-26-37-50-63-77-67(73)55-40-31-27-35-46-59-72(60-47-36-28-32-41-56-68(74)78-64(51-38-29-22-17-12-7-2)52-39-30-23-18-13-8-3)62-49-43-54-66-65(69(75)70(66)76)53-42-48-61-71(57-44-33-24-19-14-9-4)58-45-34-25-20-15-10-5/h64H,6-63H2,1-5H3. The number of carbonyl (C=O) groups excluding carboxylic acids is 2. The van der Waals surface area contributed by atoms with Crippen molar-refractivity contribution >= 4 is 11.9 Å². The minimum atomic E-state index is -0.217. The van der Waals surface area contributed by atoms with Gasteiger partial charge in [-0.3, -0.25) is 19.2 Å². The maximum Gasteiger partial charge on any atom is 0.306 e. The smallest absolute Gasteiger partial charge is 0.306 e. The van der Waals surface area contributed by atoms with Gasteiger partial charge in [-0.05, 0) is 148 Å². The molecule has 0 saturated carbocycles. The number of esters is 2. The highest BCUT2D eigenvalue weighted by molar-refractivity contribution is 5.69. The first kappa shape index (κ1) is 74.0. The summed E-state index contributed by atoms with van der Waals surface area (Å²) in [6, 6.07) is 0. The number of hydrogen-bond donors (Lipinski definition) is 0. The lowest BCUT2D eigenvalue weighted by Gasteiger charge is -2.23. The Bertz CT molecular complexity index is 1490. The molecule has 0 amide bonds. The molecule has 0 fully saturated rings. The predicted octanol–water partition coefficient (Wildman–Crippen LogP) is 19.6. The van der Waals surface area contributed by atoms with E-state index in [1.165, 1.54) is 212 Å². The van der Waals surface area contributed by atoms with Gasteiger partial charge in [0.05, 0.1) is 6.61 Å². The lowest BCUT2D eigenvalue weighted by Crippen LogP contribution is -2.40. The first-order valence-corrected chi connectivity index (χ1v) is 34.9. The first-order valence-electron chi connectivity index (χ1n) is 34.9. The van der Waals surface area contributed by atoms with Crippen LogP contribution in [0.4, 0.5) is 0 Å². The van der Waals surface area contributed by atoms with Gasteiger partial charge in [0.25, 0.3) is 0 Å². The van der Waals surface area contributed by atoms with E-state index in [0.717, 1.165) is 153 Å². The van der Waals surface area contributed by atoms with E-state index in [4.69, 9.17) is 9.47 Å². The average Bonchev–Trinajstić information content (AvgIpc) is 3.48. The van der Waals surface area contributed by atoms with Gasteiger partial charge in [-0.1, -0.05) is 240 Å². The molecule has 0 spiro atoms. The Morgan fingerprint density at radius 3 is 0.936 bits per heavy atom. The van der Waals surface area contributed by atoms with Crippen LogP contribution in [0.25, 0.3) is 0 Å². The topological polar surface area (TPSA) is 93.2 Å². The molecule has 8 heteroatoms. The Balaban J connectivity index is 2.64. The second-order valence-electron chi connectivity index (χ2n) is 24.4. The van der Waals surface area contributed by atoms with E-state index in [-0.39, 0.29) is 28.9 Å². The van der Waals surface area contributed by atoms with Crippen molar-refractivity contribution in [2.24, 2.45) is 0 Å². The molecular formula is C70H132N2O6. The quantitative estimate of drug-likeness (QED) is 0.0362. The second kappa shape index (κ2) is 56.8. The van der Waals surface area contributed by atoms with Crippen molar-refractivity contribution in [1.82, 2.24) is 9.80 Å². The van der Waals surface area contributed by atoms with Crippen molar-refractivity contribution in [1.29, 1.82) is 0 Å². The third kappa shape index (κ3) is 44.6. The lowest BCUT2D eigenvalue weighted by atomic mass is 9.92. The van der Waals surface area contributed by atoms with Crippen LogP contribution in [0.2, 0.25) is 0 Å². The van der Waals surface area contributed by atoms with Crippen LogP contribution in [0.15, 0.2) is 9.59 Å². The molecule has 1 rings (SSSR count). The Hall–Kier alpha value is -2.06. The third-order valence-electron chi connectivity index (χ3n) is 16.9. The highest BCUT2D eigenvalue weighted by atomic mass is 16.5. The minimum Gasteiger partial charge on any atom is -0.466 e. The number of rotatable bonds is 63. The SMILES string of the molecule is CCCCCCCCCOC(=O)CCCCCCCN(CCCCCCCC(=O)OC(CCCCCCCC)CCCCCCCC)CCCCc1c(CCCCN(CCCCCCCC)CCCCCCCC)c(=O)c1=O. The zero-order valence-electron chi connectivity index (χ0n) is 52.9. The van der Waals surface area contributed by atoms with Gasteiger partial charge in [-0.15, -0.1) is 0 Å². The van der Waals surface area contributed by atoms with Gasteiger partial charge in [0.1, 0.15) is 6.10 Å². The molecular weight excluding hydrogens is 965 g/mol. The van der Waals surface area contributed by atoms with Crippen LogP contribution in [0.1, 0.15) is 360 Å². The van der Waals surface area contributed by atoms with E-state index in [0.29, 0.717) is 19.4 Å². The van der Waals surface area contributed by atoms with Gasteiger partial charge >= 0.3 is 11.9 Å². The van der Waals surface area contributed by atoms with Crippen LogP contribution >= 0.6 is 0 Å². The molecule has 0 N–H and O–H groups in total. The molecule has 1 aromatic carbocycles. The van der Waals surface area contributed by atoms with Gasteiger partial charge in [-0.2, -0.15) is 0 Å². The zero-order chi connectivity index (χ0) is 56.6. The molecule has 78 heavy (non-hydrogen) atoms. The Morgan fingerprint density at radius 2 is 0.590 bits per heavy atom. The van der Waals surface area contributed by atoms with Crippen molar-refractivity contribution in [3.63, 3.8) is 0 Å². The van der Waals surface area contributed by atoms with Crippen LogP contribution in [0.5, 0.6) is 0 Å². The fourth-order valence-electron chi connectivity index (χ4n) is 11.6. The van der Waals surface area contributed by atoms with Gasteiger partial charge in [0.2, 0.25) is 10.9 Å². The van der Waals surface area contributed by atoms with Gasteiger partial charge in [-0.25, -0.2) is 0 Å². The molecule has 0 heterocycles. The minimum absolute atomic E-state index is 0.0113. The van der Waals surface area contributed by atoms with Gasteiger partial charge < -0.3 is 19.3 Å². The van der Waals surface area contributed by atoms with E-state index >= 15 is 0 Å². The molecule has 0 saturated heterocycles. The molecule has 0 radical (unpaired) electrons. The van der Waals surface area contributed by atoms with Crippen LogP contribution in [0.3, 0.4) is 0 Å². The van der Waals surface area contributed by atoms with Crippen molar-refractivity contribution in [3.8, 4) is 0 Å². The molecule has 0 aliphatic rings. The molecule has 0 atom stereocenters. The number of nitrogens with zero attached hydrogens (tertiary/aromatic N) is 2. The Labute approximate surface area is 484 Å². The van der Waals surface area contributed by atoms with E-state index < -0.39 is 0 Å². The second-order valence-corrected chi connectivity index (χ2v) is 24.4. The van der Waals surface area contributed by atoms with Crippen molar-refractivity contribution in [2.75, 3.05) is 45.9 Å². The average molecular weight is 1100 g/mol. The molecule has 0 aliphatic heterocycles. The van der Waals surface area contributed by atoms with Crippen LogP contribution in [-0.4, -0.2) is 73.7 Å². The fourth-order valence-corrected chi connectivity index (χ4v) is 11.6. The van der Waals surface area contributed by atoms with E-state index in [2.05, 4.69) is 44.4 Å². The Kier molecular flexibility index (Phi) is 53.8. The van der Waals surface area contributed by atoms with E-state index in [1.807, 2.05) is 0 Å². The first-order chi connectivity index (χ1) is 38.3. The Morgan fingerprint density at radius 1 is 0.321 bits per heavy atom. The molecule has 0 aromatic heterocycles. The number of ether oxygens (including phenoxy) is 2. The molecule has 0 unspecified atom stereocenters. The summed E-state index contributed by atoms with van der Waals surface area (Å²) in [4.78, 5) is 56.4. The fraction of sp³-hybridized carbons (Fsp3) is 0.914. The summed E-state index contributed by atoms with van der Waals surface area (Å²) in [7, 11) is 0. The molecule has 458 valence electrons. The van der Waals surface area contributed by atoms with Crippen molar-refractivity contribution in [3.05, 3.63) is 31.6 Å². The van der Waals surface area contributed by atoms with Gasteiger partial charge in [0.15, 0.2) is 0 Å². The summed E-state index contributed by atoms with van der Waals surface area (Å²) < 4.78 is 11.7. The van der Waals surface area contributed by atoms with Crippen LogP contribution in [-0.2, 0) is 31.9 Å². The molecule has 0 bridgehead atoms. The van der Waals surface area contributed by atoms with Crippen LogP contribution < -0.4 is 10.9 Å². The highest BCUT2D eigenvalue weighted by Crippen LogP contribution is 2.20. The predicted molar refractivity (Wildman–Crippen MR) is 337 cm³/mol. The molecule has 0 aliphatic carbocycles. The van der Waals surface area contributed by atoms with Crippen LogP contribution in [0, 0.1) is 0 Å². The maximum atomic E-state index is 13.0. The molecule has 8 nitrogen and oxygen atoms in total. The molecule has 1 aromatic rings. The number of hydrogen-bond acceptors (Lipinski definition) is 8. The summed E-state index contributed by atoms with van der Waals surface area (Å²) in [5.41, 5.74) is 1.24. The maximum absolute atomic E-state index is 13.0. The largest absolute Gasteiger partial charge is 0.466 e. The zero-order valence-corrected chi connectivity index (χ0v) is 52.9. The van der Waals surface area contributed by atoms with Crippen molar-refractivity contribution < 1.29 is 19.1 Å². The van der Waals surface area contributed by atoms with E-state index in [1.54, 1.807) is 0 Å². The van der Waals surface area contributed by atoms with Gasteiger partial charge in [0, 0.05) is 24.0 Å².